The summed E-state index contributed by atoms with van der Waals surface area (Å²) >= 11 is 0. The summed E-state index contributed by atoms with van der Waals surface area (Å²) in [7, 11) is 0. The van der Waals surface area contributed by atoms with Gasteiger partial charge in [0, 0.05) is 0 Å². The number of allylic oxidation sites excluding steroid dienone is 2. The van der Waals surface area contributed by atoms with E-state index in [1.165, 1.54) is 24.3 Å². The summed E-state index contributed by atoms with van der Waals surface area (Å²) < 4.78 is 49.9. The monoisotopic (exact) mass is 230 g/mol. The quantitative estimate of drug-likeness (QED) is 0.635. The largest absolute Gasteiger partial charge is 0.392 e. The van der Waals surface area contributed by atoms with Crippen LogP contribution in [0.5, 0.6) is 0 Å². The van der Waals surface area contributed by atoms with E-state index < -0.39 is 12.1 Å². The molecule has 0 amide bonds. The van der Waals surface area contributed by atoms with Gasteiger partial charge in [0.05, 0.1) is 5.92 Å². The van der Waals surface area contributed by atoms with Gasteiger partial charge in [-0.1, -0.05) is 18.2 Å². The first-order valence-corrected chi connectivity index (χ1v) is 4.98. The van der Waals surface area contributed by atoms with Gasteiger partial charge in [0.25, 0.3) is 0 Å². The number of alkyl halides is 3. The standard InChI is InChI=1S/C12H10F4/c13-11-5-2-8(3-6-11)9-1-4-10(7-9)12(14,15)16/h1-3,5-6,10H,4,7H2. The van der Waals surface area contributed by atoms with E-state index >= 15 is 0 Å². The molecule has 1 aromatic carbocycles. The molecule has 0 fully saturated rings. The Kier molecular flexibility index (Phi) is 2.74. The van der Waals surface area contributed by atoms with Crippen LogP contribution in [0.25, 0.3) is 5.57 Å². The van der Waals surface area contributed by atoms with Gasteiger partial charge in [-0.25, -0.2) is 4.39 Å². The van der Waals surface area contributed by atoms with E-state index in [-0.39, 0.29) is 18.7 Å². The summed E-state index contributed by atoms with van der Waals surface area (Å²) in [5, 5.41) is 0. The van der Waals surface area contributed by atoms with E-state index in [0.717, 1.165) is 0 Å². The van der Waals surface area contributed by atoms with Crippen molar-refractivity contribution >= 4 is 5.57 Å². The van der Waals surface area contributed by atoms with Gasteiger partial charge >= 0.3 is 6.18 Å². The third kappa shape index (κ3) is 2.26. The molecule has 0 saturated carbocycles. The smallest absolute Gasteiger partial charge is 0.207 e. The van der Waals surface area contributed by atoms with Crippen LogP contribution in [0, 0.1) is 11.7 Å². The SMILES string of the molecule is Fc1ccc(C2=CCC(C(F)(F)F)C2)cc1. The van der Waals surface area contributed by atoms with Crippen LogP contribution in [0.1, 0.15) is 18.4 Å². The highest BCUT2D eigenvalue weighted by Gasteiger charge is 2.41. The molecule has 0 aliphatic heterocycles. The average Bonchev–Trinajstić information content (AvgIpc) is 2.67. The lowest BCUT2D eigenvalue weighted by Gasteiger charge is -2.14. The second kappa shape index (κ2) is 3.92. The molecule has 1 aliphatic carbocycles. The summed E-state index contributed by atoms with van der Waals surface area (Å²) in [6.07, 6.45) is -2.53. The minimum atomic E-state index is -4.14. The highest BCUT2D eigenvalue weighted by atomic mass is 19.4. The second-order valence-electron chi connectivity index (χ2n) is 3.91. The normalized spacial score (nSPS) is 21.0. The Morgan fingerprint density at radius 2 is 1.69 bits per heavy atom. The summed E-state index contributed by atoms with van der Waals surface area (Å²) in [5.41, 5.74) is 1.33. The van der Waals surface area contributed by atoms with Gasteiger partial charge in [-0.3, -0.25) is 0 Å². The molecule has 0 spiro atoms. The van der Waals surface area contributed by atoms with Crippen molar-refractivity contribution in [1.29, 1.82) is 0 Å². The van der Waals surface area contributed by atoms with E-state index in [2.05, 4.69) is 0 Å². The van der Waals surface area contributed by atoms with Crippen molar-refractivity contribution in [3.05, 3.63) is 41.7 Å². The first kappa shape index (κ1) is 11.2. The van der Waals surface area contributed by atoms with Crippen LogP contribution in [0.2, 0.25) is 0 Å². The molecule has 86 valence electrons. The van der Waals surface area contributed by atoms with Crippen molar-refractivity contribution in [3.8, 4) is 0 Å². The van der Waals surface area contributed by atoms with Crippen molar-refractivity contribution in [2.24, 2.45) is 5.92 Å². The summed E-state index contributed by atoms with van der Waals surface area (Å²) in [5.74, 6) is -1.66. The molecule has 1 aromatic rings. The second-order valence-corrected chi connectivity index (χ2v) is 3.91. The van der Waals surface area contributed by atoms with E-state index in [1.807, 2.05) is 0 Å². The van der Waals surface area contributed by atoms with Crippen LogP contribution in [-0.2, 0) is 0 Å². The van der Waals surface area contributed by atoms with E-state index in [1.54, 1.807) is 6.08 Å². The predicted octanol–water partition coefficient (Wildman–Crippen LogP) is 4.18. The Morgan fingerprint density at radius 3 is 2.19 bits per heavy atom. The first-order valence-electron chi connectivity index (χ1n) is 4.98. The van der Waals surface area contributed by atoms with Gasteiger partial charge < -0.3 is 0 Å². The molecule has 16 heavy (non-hydrogen) atoms. The molecule has 4 heteroatoms. The summed E-state index contributed by atoms with van der Waals surface area (Å²) in [6.45, 7) is 0. The van der Waals surface area contributed by atoms with Crippen molar-refractivity contribution in [3.63, 3.8) is 0 Å². The van der Waals surface area contributed by atoms with Crippen LogP contribution in [0.15, 0.2) is 30.3 Å². The lowest BCUT2D eigenvalue weighted by molar-refractivity contribution is -0.170. The minimum Gasteiger partial charge on any atom is -0.207 e. The molecular weight excluding hydrogens is 220 g/mol. The molecule has 0 aromatic heterocycles. The number of hydrogen-bond donors (Lipinski definition) is 0. The van der Waals surface area contributed by atoms with Crippen LogP contribution >= 0.6 is 0 Å². The van der Waals surface area contributed by atoms with Gasteiger partial charge in [0.2, 0.25) is 0 Å². The van der Waals surface area contributed by atoms with Gasteiger partial charge in [0.1, 0.15) is 5.82 Å². The Balaban J connectivity index is 2.12. The van der Waals surface area contributed by atoms with Crippen LogP contribution < -0.4 is 0 Å². The number of benzene rings is 1. The lowest BCUT2D eigenvalue weighted by Crippen LogP contribution is -2.19. The molecule has 0 heterocycles. The maximum atomic E-state index is 12.6. The maximum Gasteiger partial charge on any atom is 0.392 e. The fourth-order valence-corrected chi connectivity index (χ4v) is 1.87. The number of hydrogen-bond acceptors (Lipinski definition) is 0. The molecule has 2 rings (SSSR count). The zero-order chi connectivity index (χ0) is 11.8. The van der Waals surface area contributed by atoms with Crippen molar-refractivity contribution < 1.29 is 17.6 Å². The van der Waals surface area contributed by atoms with E-state index in [0.29, 0.717) is 11.1 Å². The maximum absolute atomic E-state index is 12.6. The Labute approximate surface area is 90.6 Å². The van der Waals surface area contributed by atoms with Crippen LogP contribution in [-0.4, -0.2) is 6.18 Å². The van der Waals surface area contributed by atoms with Gasteiger partial charge in [-0.2, -0.15) is 13.2 Å². The minimum absolute atomic E-state index is 0.00483. The molecule has 0 saturated heterocycles. The van der Waals surface area contributed by atoms with Gasteiger partial charge in [0.15, 0.2) is 0 Å². The van der Waals surface area contributed by atoms with Crippen molar-refractivity contribution in [2.45, 2.75) is 19.0 Å². The summed E-state index contributed by atoms with van der Waals surface area (Å²) in [4.78, 5) is 0. The highest BCUT2D eigenvalue weighted by Crippen LogP contribution is 2.41. The fraction of sp³-hybridized carbons (Fsp3) is 0.333. The third-order valence-corrected chi connectivity index (χ3v) is 2.79. The number of halogens is 4. The molecule has 0 N–H and O–H groups in total. The van der Waals surface area contributed by atoms with Crippen LogP contribution in [0.4, 0.5) is 17.6 Å². The fourth-order valence-electron chi connectivity index (χ4n) is 1.87. The third-order valence-electron chi connectivity index (χ3n) is 2.79. The van der Waals surface area contributed by atoms with E-state index in [9.17, 15) is 17.6 Å². The average molecular weight is 230 g/mol. The predicted molar refractivity (Wildman–Crippen MR) is 53.2 cm³/mol. The Bertz CT molecular complexity index is 400. The van der Waals surface area contributed by atoms with Crippen molar-refractivity contribution in [1.82, 2.24) is 0 Å². The van der Waals surface area contributed by atoms with Crippen molar-refractivity contribution in [2.75, 3.05) is 0 Å². The summed E-state index contributed by atoms with van der Waals surface area (Å²) in [6, 6.07) is 5.55. The molecule has 0 nitrogen and oxygen atoms in total. The molecule has 1 unspecified atom stereocenters. The van der Waals surface area contributed by atoms with Gasteiger partial charge in [-0.05, 0) is 36.1 Å². The molecule has 0 bridgehead atoms. The Hall–Kier alpha value is -1.32. The zero-order valence-corrected chi connectivity index (χ0v) is 8.39. The molecule has 1 aliphatic rings. The first-order chi connectivity index (χ1) is 7.47. The van der Waals surface area contributed by atoms with Crippen LogP contribution in [0.3, 0.4) is 0 Å². The van der Waals surface area contributed by atoms with E-state index in [4.69, 9.17) is 0 Å². The molecule has 1 atom stereocenters. The zero-order valence-electron chi connectivity index (χ0n) is 8.39. The number of rotatable bonds is 1. The topological polar surface area (TPSA) is 0 Å². The lowest BCUT2D eigenvalue weighted by atomic mass is 10.0. The Morgan fingerprint density at radius 1 is 1.06 bits per heavy atom. The highest BCUT2D eigenvalue weighted by molar-refractivity contribution is 5.67. The molecule has 0 radical (unpaired) electrons. The van der Waals surface area contributed by atoms with Gasteiger partial charge in [-0.15, -0.1) is 0 Å². The molecular formula is C12H10F4.